The van der Waals surface area contributed by atoms with Crippen molar-refractivity contribution in [2.24, 2.45) is 17.1 Å². The molecule has 0 saturated heterocycles. The molecule has 2 aromatic rings. The number of ketones is 2. The molecule has 1 amide bonds. The van der Waals surface area contributed by atoms with Gasteiger partial charge >= 0.3 is 5.97 Å². The van der Waals surface area contributed by atoms with E-state index in [1.807, 2.05) is 89.2 Å². The molecule has 3 N–H and O–H groups in total. The van der Waals surface area contributed by atoms with Crippen LogP contribution in [0, 0.1) is 23.7 Å². The van der Waals surface area contributed by atoms with E-state index in [1.54, 1.807) is 20.8 Å². The minimum absolute atomic E-state index is 0.0252. The Kier molecular flexibility index (Phi) is 17.7. The Balaban J connectivity index is 2.22. The molecule has 0 aliphatic rings. The summed E-state index contributed by atoms with van der Waals surface area (Å²) >= 11 is 0. The van der Waals surface area contributed by atoms with Crippen LogP contribution in [0.1, 0.15) is 92.2 Å². The smallest absolute Gasteiger partial charge is 0.308 e. The number of ether oxygens (including phenoxy) is 4. The Morgan fingerprint density at radius 2 is 1.40 bits per heavy atom. The molecule has 286 valence electrons. The van der Waals surface area contributed by atoms with Crippen LogP contribution >= 0.6 is 0 Å². The van der Waals surface area contributed by atoms with Gasteiger partial charge in [-0.1, -0.05) is 62.2 Å². The van der Waals surface area contributed by atoms with Crippen LogP contribution in [0.25, 0.3) is 0 Å². The lowest BCUT2D eigenvalue weighted by atomic mass is 9.71. The highest BCUT2D eigenvalue weighted by molar-refractivity contribution is 5.93. The number of nitrogens with one attached hydrogen (secondary N) is 1. The molecule has 0 aliphatic carbocycles. The van der Waals surface area contributed by atoms with Gasteiger partial charge in [0.05, 0.1) is 31.7 Å². The molecule has 0 radical (unpaired) electrons. The monoisotopic (exact) mass is 720 g/mol. The Morgan fingerprint density at radius 1 is 0.788 bits per heavy atom. The average molecular weight is 721 g/mol. The zero-order chi connectivity index (χ0) is 39.0. The summed E-state index contributed by atoms with van der Waals surface area (Å²) in [6.45, 7) is 16.0. The van der Waals surface area contributed by atoms with Crippen molar-refractivity contribution in [2.45, 2.75) is 117 Å². The van der Waals surface area contributed by atoms with E-state index in [-0.39, 0.29) is 43.0 Å². The van der Waals surface area contributed by atoms with Crippen LogP contribution in [-0.4, -0.2) is 73.2 Å². The third-order valence-corrected chi connectivity index (χ3v) is 8.15. The van der Waals surface area contributed by atoms with E-state index in [1.165, 1.54) is 0 Å². The largest absolute Gasteiger partial charge is 0.488 e. The standard InChI is InChI=1S/C42H60N2O8/c1-10-22-49-24-25-50-23-14-17-36(45)35(28-38(47)52-41(5,6)7)44-39(48)33(26-30-15-12-11-13-16-30)42(8,9)29-37(46)34(43)27-31-18-20-32(21-19-31)51-40(2,3)4/h1,11-13,15-16,18-21,33-35H,14,17,22-29,43H2,2-9H3,(H,44,48). The molecule has 0 fully saturated rings. The van der Waals surface area contributed by atoms with Crippen molar-refractivity contribution in [2.75, 3.05) is 26.4 Å². The number of rotatable bonds is 22. The van der Waals surface area contributed by atoms with E-state index in [2.05, 4.69) is 11.2 Å². The molecule has 0 bridgehead atoms. The lowest BCUT2D eigenvalue weighted by molar-refractivity contribution is -0.156. The van der Waals surface area contributed by atoms with E-state index in [0.29, 0.717) is 39.1 Å². The lowest BCUT2D eigenvalue weighted by Crippen LogP contribution is -2.50. The first kappa shape index (κ1) is 44.1. The summed E-state index contributed by atoms with van der Waals surface area (Å²) in [5, 5.41) is 2.88. The van der Waals surface area contributed by atoms with Gasteiger partial charge in [0.2, 0.25) is 5.91 Å². The highest BCUT2D eigenvalue weighted by Crippen LogP contribution is 2.35. The van der Waals surface area contributed by atoms with Crippen LogP contribution in [0.3, 0.4) is 0 Å². The van der Waals surface area contributed by atoms with Gasteiger partial charge in [-0.3, -0.25) is 19.2 Å². The fourth-order valence-electron chi connectivity index (χ4n) is 5.63. The van der Waals surface area contributed by atoms with Crippen LogP contribution in [-0.2, 0) is 46.2 Å². The van der Waals surface area contributed by atoms with Gasteiger partial charge in [-0.25, -0.2) is 0 Å². The van der Waals surface area contributed by atoms with Crippen molar-refractivity contribution in [3.63, 3.8) is 0 Å². The fraction of sp³-hybridized carbons (Fsp3) is 0.571. The van der Waals surface area contributed by atoms with Crippen LogP contribution in [0.15, 0.2) is 54.6 Å². The average Bonchev–Trinajstić information content (AvgIpc) is 3.04. The molecule has 0 saturated carbocycles. The minimum atomic E-state index is -1.13. The zero-order valence-electron chi connectivity index (χ0n) is 32.4. The van der Waals surface area contributed by atoms with Crippen LogP contribution < -0.4 is 15.8 Å². The topological polar surface area (TPSA) is 143 Å². The number of carbonyl (C=O) groups is 4. The second-order valence-electron chi connectivity index (χ2n) is 15.8. The van der Waals surface area contributed by atoms with Crippen molar-refractivity contribution >= 4 is 23.4 Å². The number of hydrogen-bond donors (Lipinski definition) is 2. The van der Waals surface area contributed by atoms with E-state index in [4.69, 9.17) is 31.1 Å². The van der Waals surface area contributed by atoms with Crippen molar-refractivity contribution in [3.05, 3.63) is 65.7 Å². The van der Waals surface area contributed by atoms with Gasteiger partial charge in [0.1, 0.15) is 29.3 Å². The number of hydrogen-bond acceptors (Lipinski definition) is 9. The summed E-state index contributed by atoms with van der Waals surface area (Å²) in [6.07, 6.45) is 5.96. The van der Waals surface area contributed by atoms with E-state index >= 15 is 0 Å². The van der Waals surface area contributed by atoms with Gasteiger partial charge in [-0.2, -0.15) is 0 Å². The van der Waals surface area contributed by atoms with Gasteiger partial charge in [0.25, 0.3) is 0 Å². The summed E-state index contributed by atoms with van der Waals surface area (Å²) in [5.41, 5.74) is 6.26. The Hall–Kier alpha value is -4.04. The number of carbonyl (C=O) groups excluding carboxylic acids is 4. The highest BCUT2D eigenvalue weighted by atomic mass is 16.6. The van der Waals surface area contributed by atoms with Gasteiger partial charge in [-0.05, 0) is 89.5 Å². The van der Waals surface area contributed by atoms with E-state index in [9.17, 15) is 19.2 Å². The SMILES string of the molecule is C#CCOCCOCCCC(=O)C(CC(=O)OC(C)(C)C)NC(=O)C(Cc1ccccc1)C(C)(C)CC(=O)C(N)Cc1ccc(OC(C)(C)C)cc1. The molecule has 10 heteroatoms. The third-order valence-electron chi connectivity index (χ3n) is 8.15. The summed E-state index contributed by atoms with van der Waals surface area (Å²) in [6, 6.07) is 15.1. The molecule has 52 heavy (non-hydrogen) atoms. The van der Waals surface area contributed by atoms with E-state index in [0.717, 1.165) is 16.9 Å². The third kappa shape index (κ3) is 17.5. The second kappa shape index (κ2) is 20.9. The number of terminal acetylenes is 1. The molecule has 3 unspecified atom stereocenters. The molecule has 0 spiro atoms. The Labute approximate surface area is 310 Å². The first-order chi connectivity index (χ1) is 24.3. The number of Topliss-reactive ketones (excluding diaryl/α,β-unsaturated/α-hetero) is 2. The first-order valence-corrected chi connectivity index (χ1v) is 18.0. The van der Waals surface area contributed by atoms with Crippen LogP contribution in [0.2, 0.25) is 0 Å². The maximum absolute atomic E-state index is 14.2. The zero-order valence-corrected chi connectivity index (χ0v) is 32.4. The number of benzene rings is 2. The first-order valence-electron chi connectivity index (χ1n) is 18.0. The molecule has 3 atom stereocenters. The molecule has 2 rings (SSSR count). The van der Waals surface area contributed by atoms with Crippen molar-refractivity contribution in [1.29, 1.82) is 0 Å². The van der Waals surface area contributed by atoms with Gasteiger partial charge < -0.3 is 30.0 Å². The maximum atomic E-state index is 14.2. The maximum Gasteiger partial charge on any atom is 0.308 e. The predicted octanol–water partition coefficient (Wildman–Crippen LogP) is 5.81. The number of amides is 1. The van der Waals surface area contributed by atoms with Gasteiger partial charge in [0, 0.05) is 25.4 Å². The normalized spacial score (nSPS) is 13.7. The molecule has 0 aliphatic heterocycles. The Morgan fingerprint density at radius 3 is 2.00 bits per heavy atom. The molecule has 0 aromatic heterocycles. The second-order valence-corrected chi connectivity index (χ2v) is 15.8. The minimum Gasteiger partial charge on any atom is -0.488 e. The number of nitrogens with two attached hydrogens (primary N) is 1. The molecule has 10 nitrogen and oxygen atoms in total. The fourth-order valence-corrected chi connectivity index (χ4v) is 5.63. The lowest BCUT2D eigenvalue weighted by Gasteiger charge is -2.35. The molecule has 0 heterocycles. The molecular weight excluding hydrogens is 660 g/mol. The van der Waals surface area contributed by atoms with Gasteiger partial charge in [0.15, 0.2) is 5.78 Å². The summed E-state index contributed by atoms with van der Waals surface area (Å²) < 4.78 is 22.1. The summed E-state index contributed by atoms with van der Waals surface area (Å²) in [5.74, 6) is 0.828. The van der Waals surface area contributed by atoms with Crippen molar-refractivity contribution in [3.8, 4) is 18.1 Å². The number of esters is 1. The molecular formula is C42H60N2O8. The summed E-state index contributed by atoms with van der Waals surface area (Å²) in [7, 11) is 0. The predicted molar refractivity (Wildman–Crippen MR) is 203 cm³/mol. The highest BCUT2D eigenvalue weighted by Gasteiger charge is 2.39. The quantitative estimate of drug-likeness (QED) is 0.0875. The van der Waals surface area contributed by atoms with E-state index < -0.39 is 40.9 Å². The molecule has 2 aromatic carbocycles. The van der Waals surface area contributed by atoms with Crippen LogP contribution in [0.5, 0.6) is 5.75 Å². The van der Waals surface area contributed by atoms with Gasteiger partial charge in [-0.15, -0.1) is 6.42 Å². The van der Waals surface area contributed by atoms with Crippen LogP contribution in [0.4, 0.5) is 0 Å². The van der Waals surface area contributed by atoms with Crippen molar-refractivity contribution in [1.82, 2.24) is 5.32 Å². The summed E-state index contributed by atoms with van der Waals surface area (Å²) in [4.78, 5) is 54.3. The Bertz CT molecular complexity index is 1470. The van der Waals surface area contributed by atoms with Crippen molar-refractivity contribution < 1.29 is 38.1 Å².